The molecular weight excluding hydrogens is 365 g/mol. The zero-order valence-electron chi connectivity index (χ0n) is 17.9. The molecule has 0 bridgehead atoms. The van der Waals surface area contributed by atoms with Gasteiger partial charge in [-0.1, -0.05) is 18.6 Å². The molecule has 2 atom stereocenters. The molecule has 3 aliphatic rings. The number of rotatable bonds is 8. The van der Waals surface area contributed by atoms with Crippen LogP contribution >= 0.6 is 0 Å². The van der Waals surface area contributed by atoms with Crippen molar-refractivity contribution in [1.82, 2.24) is 14.7 Å². The first-order valence-corrected chi connectivity index (χ1v) is 11.8. The monoisotopic (exact) mass is 403 g/mol. The molecular formula is C24H38FN3O. The summed E-state index contributed by atoms with van der Waals surface area (Å²) < 4.78 is 19.5. The minimum Gasteiger partial charge on any atom is -0.381 e. The third-order valence-electron chi connectivity index (χ3n) is 6.95. The summed E-state index contributed by atoms with van der Waals surface area (Å²) in [6.45, 7) is 11.0. The molecule has 29 heavy (non-hydrogen) atoms. The van der Waals surface area contributed by atoms with E-state index >= 15 is 0 Å². The molecule has 3 aliphatic heterocycles. The van der Waals surface area contributed by atoms with Crippen LogP contribution in [0.3, 0.4) is 0 Å². The van der Waals surface area contributed by atoms with Gasteiger partial charge in [-0.2, -0.15) is 0 Å². The summed E-state index contributed by atoms with van der Waals surface area (Å²) in [7, 11) is 0. The second-order valence-electron chi connectivity index (χ2n) is 9.29. The van der Waals surface area contributed by atoms with Crippen molar-refractivity contribution in [2.75, 3.05) is 59.0 Å². The molecule has 1 aromatic carbocycles. The van der Waals surface area contributed by atoms with Crippen LogP contribution in [-0.4, -0.2) is 79.8 Å². The number of likely N-dealkylation sites (tertiary alicyclic amines) is 1. The average Bonchev–Trinajstić information content (AvgIpc) is 2.74. The molecule has 3 saturated heterocycles. The van der Waals surface area contributed by atoms with Gasteiger partial charge in [0.1, 0.15) is 5.82 Å². The van der Waals surface area contributed by atoms with Gasteiger partial charge in [-0.3, -0.25) is 9.80 Å². The van der Waals surface area contributed by atoms with Crippen molar-refractivity contribution in [3.63, 3.8) is 0 Å². The zero-order valence-corrected chi connectivity index (χ0v) is 17.9. The Hall–Kier alpha value is -1.01. The summed E-state index contributed by atoms with van der Waals surface area (Å²) in [5, 5.41) is 0. The van der Waals surface area contributed by atoms with Gasteiger partial charge >= 0.3 is 0 Å². The largest absolute Gasteiger partial charge is 0.381 e. The summed E-state index contributed by atoms with van der Waals surface area (Å²) >= 11 is 0. The van der Waals surface area contributed by atoms with Gasteiger partial charge in [-0.05, 0) is 68.8 Å². The first-order chi connectivity index (χ1) is 14.3. The molecule has 0 unspecified atom stereocenters. The van der Waals surface area contributed by atoms with Crippen LogP contribution in [0.4, 0.5) is 4.39 Å². The number of fused-ring (bicyclic) bond motifs is 1. The van der Waals surface area contributed by atoms with Crippen LogP contribution < -0.4 is 0 Å². The molecule has 0 saturated carbocycles. The maximum atomic E-state index is 13.4. The van der Waals surface area contributed by atoms with Crippen molar-refractivity contribution in [3.8, 4) is 0 Å². The molecule has 0 amide bonds. The van der Waals surface area contributed by atoms with Crippen LogP contribution in [0.5, 0.6) is 0 Å². The highest BCUT2D eigenvalue weighted by atomic mass is 19.1. The third kappa shape index (κ3) is 6.48. The number of benzene rings is 1. The van der Waals surface area contributed by atoms with E-state index in [9.17, 15) is 4.39 Å². The Morgan fingerprint density at radius 2 is 1.86 bits per heavy atom. The van der Waals surface area contributed by atoms with E-state index in [0.717, 1.165) is 45.0 Å². The number of piperidine rings is 2. The normalized spacial score (nSPS) is 27.1. The smallest absolute Gasteiger partial charge is 0.123 e. The lowest BCUT2D eigenvalue weighted by Crippen LogP contribution is -2.56. The predicted octanol–water partition coefficient (Wildman–Crippen LogP) is 3.61. The molecule has 3 fully saturated rings. The van der Waals surface area contributed by atoms with E-state index in [1.54, 1.807) is 6.07 Å². The van der Waals surface area contributed by atoms with Crippen molar-refractivity contribution >= 4 is 0 Å². The van der Waals surface area contributed by atoms with E-state index in [1.165, 1.54) is 70.8 Å². The van der Waals surface area contributed by atoms with E-state index in [0.29, 0.717) is 12.0 Å². The van der Waals surface area contributed by atoms with E-state index in [-0.39, 0.29) is 5.82 Å². The Morgan fingerprint density at radius 3 is 2.72 bits per heavy atom. The molecule has 4 nitrogen and oxygen atoms in total. The van der Waals surface area contributed by atoms with Crippen molar-refractivity contribution in [2.24, 2.45) is 5.92 Å². The van der Waals surface area contributed by atoms with Crippen LogP contribution in [0.2, 0.25) is 0 Å². The Labute approximate surface area is 176 Å². The first kappa shape index (κ1) is 21.2. The second kappa shape index (κ2) is 10.9. The summed E-state index contributed by atoms with van der Waals surface area (Å²) in [4.78, 5) is 7.77. The highest BCUT2D eigenvalue weighted by molar-refractivity contribution is 5.16. The van der Waals surface area contributed by atoms with Gasteiger partial charge in [0.05, 0.1) is 6.61 Å². The fourth-order valence-electron chi connectivity index (χ4n) is 5.32. The molecule has 0 N–H and O–H groups in total. The van der Waals surface area contributed by atoms with Crippen LogP contribution in [0, 0.1) is 11.7 Å². The number of halogens is 1. The summed E-state index contributed by atoms with van der Waals surface area (Å²) in [5.74, 6) is 0.563. The highest BCUT2D eigenvalue weighted by Gasteiger charge is 2.32. The molecule has 3 heterocycles. The Morgan fingerprint density at radius 1 is 0.966 bits per heavy atom. The van der Waals surface area contributed by atoms with Gasteiger partial charge in [0.2, 0.25) is 0 Å². The van der Waals surface area contributed by atoms with E-state index < -0.39 is 0 Å². The van der Waals surface area contributed by atoms with E-state index in [4.69, 9.17) is 4.74 Å². The standard InChI is InChI=1S/C24H38FN3O/c25-23-7-4-6-21(16-23)17-27-13-14-28-18-22(8-9-24(28)19-27)20-29-15-5-12-26-10-2-1-3-11-26/h4,6-7,16,22,24H,1-3,5,8-15,17-20H2/t22-,24+/m1/s1. The van der Waals surface area contributed by atoms with Crippen LogP contribution in [0.15, 0.2) is 24.3 Å². The fraction of sp³-hybridized carbons (Fsp3) is 0.750. The average molecular weight is 404 g/mol. The SMILES string of the molecule is Fc1cccc(CN2CCN3C[C@H](COCCCN4CCCCC4)CC[C@H]3C2)c1. The molecule has 1 aromatic rings. The Balaban J connectivity index is 1.11. The number of hydrogen-bond acceptors (Lipinski definition) is 4. The first-order valence-electron chi connectivity index (χ1n) is 11.8. The Kier molecular flexibility index (Phi) is 7.94. The maximum Gasteiger partial charge on any atom is 0.123 e. The van der Waals surface area contributed by atoms with Crippen LogP contribution in [0.1, 0.15) is 44.1 Å². The summed E-state index contributed by atoms with van der Waals surface area (Å²) in [6.07, 6.45) is 7.88. The van der Waals surface area contributed by atoms with E-state index in [1.807, 2.05) is 12.1 Å². The molecule has 0 aromatic heterocycles. The third-order valence-corrected chi connectivity index (χ3v) is 6.95. The number of hydrogen-bond donors (Lipinski definition) is 0. The quantitative estimate of drug-likeness (QED) is 0.617. The van der Waals surface area contributed by atoms with E-state index in [2.05, 4.69) is 14.7 Å². The lowest BCUT2D eigenvalue weighted by molar-refractivity contribution is -0.00317. The summed E-state index contributed by atoms with van der Waals surface area (Å²) in [6, 6.07) is 7.71. The molecule has 5 heteroatoms. The lowest BCUT2D eigenvalue weighted by Gasteiger charge is -2.46. The molecule has 0 spiro atoms. The molecule has 0 aliphatic carbocycles. The van der Waals surface area contributed by atoms with Crippen molar-refractivity contribution in [2.45, 2.75) is 51.1 Å². The van der Waals surface area contributed by atoms with Crippen LogP contribution in [-0.2, 0) is 11.3 Å². The molecule has 4 rings (SSSR count). The minimum absolute atomic E-state index is 0.127. The van der Waals surface area contributed by atoms with Gasteiger partial charge in [-0.15, -0.1) is 0 Å². The predicted molar refractivity (Wildman–Crippen MR) is 115 cm³/mol. The lowest BCUT2D eigenvalue weighted by atomic mass is 9.91. The van der Waals surface area contributed by atoms with Gasteiger partial charge in [0.15, 0.2) is 0 Å². The van der Waals surface area contributed by atoms with Crippen molar-refractivity contribution < 1.29 is 9.13 Å². The van der Waals surface area contributed by atoms with Gasteiger partial charge in [0.25, 0.3) is 0 Å². The van der Waals surface area contributed by atoms with Crippen LogP contribution in [0.25, 0.3) is 0 Å². The highest BCUT2D eigenvalue weighted by Crippen LogP contribution is 2.26. The van der Waals surface area contributed by atoms with Crippen molar-refractivity contribution in [1.29, 1.82) is 0 Å². The van der Waals surface area contributed by atoms with Crippen molar-refractivity contribution in [3.05, 3.63) is 35.6 Å². The maximum absolute atomic E-state index is 13.4. The number of piperazine rings is 1. The fourth-order valence-corrected chi connectivity index (χ4v) is 5.32. The Bertz CT molecular complexity index is 622. The number of nitrogens with zero attached hydrogens (tertiary/aromatic N) is 3. The molecule has 162 valence electrons. The summed E-state index contributed by atoms with van der Waals surface area (Å²) in [5.41, 5.74) is 1.09. The van der Waals surface area contributed by atoms with Gasteiger partial charge in [-0.25, -0.2) is 4.39 Å². The molecule has 0 radical (unpaired) electrons. The second-order valence-corrected chi connectivity index (χ2v) is 9.29. The topological polar surface area (TPSA) is 19.0 Å². The number of ether oxygens (including phenoxy) is 1. The zero-order chi connectivity index (χ0) is 19.9. The van der Waals surface area contributed by atoms with Gasteiger partial charge in [0, 0.05) is 51.9 Å². The minimum atomic E-state index is -0.127. The van der Waals surface area contributed by atoms with Gasteiger partial charge < -0.3 is 9.64 Å².